The van der Waals surface area contributed by atoms with Crippen molar-refractivity contribution in [3.05, 3.63) is 52.6 Å². The number of nitrogens with one attached hydrogen (secondary N) is 1. The number of H-pyrrole nitrogens is 1. The van der Waals surface area contributed by atoms with Gasteiger partial charge in [0.15, 0.2) is 11.6 Å². The van der Waals surface area contributed by atoms with Crippen LogP contribution in [0.15, 0.2) is 35.4 Å². The number of benzene rings is 1. The fraction of sp³-hybridized carbons (Fsp3) is 0. The molecule has 0 aliphatic carbocycles. The number of aromatic nitrogens is 2. The zero-order chi connectivity index (χ0) is 11.5. The van der Waals surface area contributed by atoms with Gasteiger partial charge in [-0.2, -0.15) is 0 Å². The van der Waals surface area contributed by atoms with Crippen molar-refractivity contribution in [1.82, 2.24) is 9.97 Å². The average Bonchev–Trinajstić information content (AvgIpc) is 2.27. The van der Waals surface area contributed by atoms with Crippen LogP contribution in [0.4, 0.5) is 8.78 Å². The van der Waals surface area contributed by atoms with Crippen molar-refractivity contribution in [1.29, 1.82) is 0 Å². The number of ether oxygens (including phenoxy) is 1. The minimum atomic E-state index is -1.05. The molecule has 82 valence electrons. The van der Waals surface area contributed by atoms with Gasteiger partial charge in [-0.25, -0.2) is 13.8 Å². The molecule has 0 saturated carbocycles. The fourth-order valence-corrected chi connectivity index (χ4v) is 1.06. The van der Waals surface area contributed by atoms with E-state index in [-0.39, 0.29) is 11.6 Å². The summed E-state index contributed by atoms with van der Waals surface area (Å²) in [5.41, 5.74) is -0.549. The van der Waals surface area contributed by atoms with Gasteiger partial charge in [0.1, 0.15) is 5.75 Å². The smallest absolute Gasteiger partial charge is 0.311 e. The molecule has 0 spiro atoms. The van der Waals surface area contributed by atoms with Gasteiger partial charge in [-0.1, -0.05) is 0 Å². The van der Waals surface area contributed by atoms with E-state index in [2.05, 4.69) is 9.97 Å². The zero-order valence-corrected chi connectivity index (χ0v) is 7.91. The molecule has 0 aliphatic heterocycles. The van der Waals surface area contributed by atoms with E-state index in [4.69, 9.17) is 4.74 Å². The number of hydrogen-bond donors (Lipinski definition) is 1. The molecule has 1 aromatic carbocycles. The Kier molecular flexibility index (Phi) is 2.63. The van der Waals surface area contributed by atoms with Crippen molar-refractivity contribution in [2.24, 2.45) is 0 Å². The molecule has 0 radical (unpaired) electrons. The van der Waals surface area contributed by atoms with Gasteiger partial charge in [0.2, 0.25) is 0 Å². The average molecular weight is 224 g/mol. The van der Waals surface area contributed by atoms with Crippen LogP contribution in [0.1, 0.15) is 0 Å². The van der Waals surface area contributed by atoms with E-state index in [0.29, 0.717) is 0 Å². The van der Waals surface area contributed by atoms with E-state index in [1.807, 2.05) is 0 Å². The zero-order valence-electron chi connectivity index (χ0n) is 7.91. The van der Waals surface area contributed by atoms with Crippen LogP contribution in [0.3, 0.4) is 0 Å². The predicted molar refractivity (Wildman–Crippen MR) is 51.3 cm³/mol. The van der Waals surface area contributed by atoms with E-state index >= 15 is 0 Å². The highest BCUT2D eigenvalue weighted by Gasteiger charge is 2.06. The highest BCUT2D eigenvalue weighted by molar-refractivity contribution is 5.27. The first-order valence-corrected chi connectivity index (χ1v) is 4.33. The molecule has 0 bridgehead atoms. The second-order valence-electron chi connectivity index (χ2n) is 2.90. The third-order valence-electron chi connectivity index (χ3n) is 1.78. The molecule has 2 aromatic rings. The Hall–Kier alpha value is -2.24. The third kappa shape index (κ3) is 2.05. The molecular formula is C10H6F2N2O2. The summed E-state index contributed by atoms with van der Waals surface area (Å²) in [5, 5.41) is 0. The van der Waals surface area contributed by atoms with Crippen molar-refractivity contribution in [3.63, 3.8) is 0 Å². The van der Waals surface area contributed by atoms with Crippen molar-refractivity contribution >= 4 is 0 Å². The van der Waals surface area contributed by atoms with Crippen molar-refractivity contribution < 1.29 is 13.5 Å². The van der Waals surface area contributed by atoms with Gasteiger partial charge in [-0.15, -0.1) is 0 Å². The molecule has 0 fully saturated rings. The second kappa shape index (κ2) is 4.09. The SMILES string of the molecule is O=c1[nH]ccnc1Oc1ccc(F)c(F)c1. The minimum absolute atomic E-state index is 0.00287. The lowest BCUT2D eigenvalue weighted by Gasteiger charge is -2.03. The van der Waals surface area contributed by atoms with Gasteiger partial charge in [0, 0.05) is 18.5 Å². The van der Waals surface area contributed by atoms with Gasteiger partial charge in [0.25, 0.3) is 5.88 Å². The number of halogens is 2. The second-order valence-corrected chi connectivity index (χ2v) is 2.90. The number of rotatable bonds is 2. The van der Waals surface area contributed by atoms with Gasteiger partial charge in [0.05, 0.1) is 0 Å². The maximum absolute atomic E-state index is 12.8. The topological polar surface area (TPSA) is 55.0 Å². The van der Waals surface area contributed by atoms with Gasteiger partial charge < -0.3 is 9.72 Å². The fourth-order valence-electron chi connectivity index (χ4n) is 1.06. The van der Waals surface area contributed by atoms with Crippen LogP contribution in [0.2, 0.25) is 0 Å². The van der Waals surface area contributed by atoms with E-state index in [0.717, 1.165) is 12.1 Å². The molecule has 6 heteroatoms. The Morgan fingerprint density at radius 2 is 2.06 bits per heavy atom. The lowest BCUT2D eigenvalue weighted by Crippen LogP contribution is -2.09. The highest BCUT2D eigenvalue weighted by atomic mass is 19.2. The lowest BCUT2D eigenvalue weighted by molar-refractivity contribution is 0.441. The minimum Gasteiger partial charge on any atom is -0.435 e. The normalized spacial score (nSPS) is 10.1. The van der Waals surface area contributed by atoms with Crippen LogP contribution in [0.25, 0.3) is 0 Å². The maximum atomic E-state index is 12.8. The van der Waals surface area contributed by atoms with E-state index in [1.165, 1.54) is 18.5 Å². The van der Waals surface area contributed by atoms with Gasteiger partial charge in [-0.3, -0.25) is 4.79 Å². The van der Waals surface area contributed by atoms with Crippen LogP contribution in [-0.2, 0) is 0 Å². The summed E-state index contributed by atoms with van der Waals surface area (Å²) in [7, 11) is 0. The van der Waals surface area contributed by atoms with Gasteiger partial charge in [-0.05, 0) is 12.1 Å². The summed E-state index contributed by atoms with van der Waals surface area (Å²) in [6.07, 6.45) is 2.65. The predicted octanol–water partition coefficient (Wildman–Crippen LogP) is 1.84. The summed E-state index contributed by atoms with van der Waals surface area (Å²) in [6, 6.07) is 2.94. The number of nitrogens with zero attached hydrogens (tertiary/aromatic N) is 1. The molecule has 0 aliphatic rings. The van der Waals surface area contributed by atoms with Crippen molar-refractivity contribution in [3.8, 4) is 11.6 Å². The van der Waals surface area contributed by atoms with Crippen LogP contribution >= 0.6 is 0 Å². The first kappa shape index (κ1) is 10.3. The third-order valence-corrected chi connectivity index (χ3v) is 1.78. The van der Waals surface area contributed by atoms with Gasteiger partial charge >= 0.3 is 5.56 Å². The monoisotopic (exact) mass is 224 g/mol. The van der Waals surface area contributed by atoms with Crippen LogP contribution in [0, 0.1) is 11.6 Å². The molecule has 1 aromatic heterocycles. The lowest BCUT2D eigenvalue weighted by atomic mass is 10.3. The Balaban J connectivity index is 2.31. The summed E-state index contributed by atoms with van der Waals surface area (Å²) in [6.45, 7) is 0. The van der Waals surface area contributed by atoms with E-state index in [1.54, 1.807) is 0 Å². The molecule has 1 heterocycles. The molecule has 0 saturated heterocycles. The Morgan fingerprint density at radius 3 is 2.75 bits per heavy atom. The molecule has 0 atom stereocenters. The number of aromatic amines is 1. The molecule has 1 N–H and O–H groups in total. The van der Waals surface area contributed by atoms with Crippen LogP contribution in [-0.4, -0.2) is 9.97 Å². The van der Waals surface area contributed by atoms with Crippen molar-refractivity contribution in [2.75, 3.05) is 0 Å². The molecular weight excluding hydrogens is 218 g/mol. The molecule has 4 nitrogen and oxygen atoms in total. The summed E-state index contributed by atoms with van der Waals surface area (Å²) < 4.78 is 30.4. The van der Waals surface area contributed by atoms with Crippen molar-refractivity contribution in [2.45, 2.75) is 0 Å². The van der Waals surface area contributed by atoms with Crippen LogP contribution < -0.4 is 10.3 Å². The Labute approximate surface area is 88.5 Å². The highest BCUT2D eigenvalue weighted by Crippen LogP contribution is 2.18. The Bertz CT molecular complexity index is 569. The summed E-state index contributed by atoms with van der Waals surface area (Å²) in [4.78, 5) is 17.1. The molecule has 2 rings (SSSR count). The van der Waals surface area contributed by atoms with E-state index in [9.17, 15) is 13.6 Å². The first-order chi connectivity index (χ1) is 7.66. The summed E-state index contributed by atoms with van der Waals surface area (Å²) >= 11 is 0. The number of hydrogen-bond acceptors (Lipinski definition) is 3. The molecule has 0 amide bonds. The van der Waals surface area contributed by atoms with E-state index < -0.39 is 17.2 Å². The van der Waals surface area contributed by atoms with Crippen LogP contribution in [0.5, 0.6) is 11.6 Å². The molecule has 0 unspecified atom stereocenters. The first-order valence-electron chi connectivity index (χ1n) is 4.33. The largest absolute Gasteiger partial charge is 0.435 e. The quantitative estimate of drug-likeness (QED) is 0.846. The molecule has 16 heavy (non-hydrogen) atoms. The Morgan fingerprint density at radius 1 is 1.25 bits per heavy atom. The standard InChI is InChI=1S/C10H6F2N2O2/c11-7-2-1-6(5-8(7)12)16-10-9(15)13-3-4-14-10/h1-5H,(H,13,15). The maximum Gasteiger partial charge on any atom is 0.311 e. The summed E-state index contributed by atoms with van der Waals surface area (Å²) in [5.74, 6) is -2.26.